The highest BCUT2D eigenvalue weighted by Gasteiger charge is 2.36. The number of nitrogens with one attached hydrogen (secondary N) is 1. The second kappa shape index (κ2) is 8.32. The molecule has 3 rings (SSSR count). The van der Waals surface area contributed by atoms with Crippen LogP contribution in [0.5, 0.6) is 0 Å². The van der Waals surface area contributed by atoms with Gasteiger partial charge in [-0.05, 0) is 56.9 Å². The number of piperazine rings is 1. The van der Waals surface area contributed by atoms with Crippen LogP contribution in [0.15, 0.2) is 16.5 Å². The molecule has 2 aliphatic rings. The molecule has 0 radical (unpaired) electrons. The maximum Gasteiger partial charge on any atom is 0.117 e. The van der Waals surface area contributed by atoms with E-state index in [1.165, 1.54) is 64.3 Å². The van der Waals surface area contributed by atoms with Crippen molar-refractivity contribution < 1.29 is 4.42 Å². The number of unbranched alkanes of at least 4 members (excludes halogenated alkanes) is 1. The van der Waals surface area contributed by atoms with Crippen LogP contribution in [-0.4, -0.2) is 55.6 Å². The van der Waals surface area contributed by atoms with Gasteiger partial charge in [-0.3, -0.25) is 0 Å². The van der Waals surface area contributed by atoms with Crippen molar-refractivity contribution in [3.8, 4) is 0 Å². The van der Waals surface area contributed by atoms with E-state index in [9.17, 15) is 0 Å². The molecule has 1 saturated heterocycles. The number of likely N-dealkylation sites (N-methyl/N-ethyl adjacent to an activating group) is 1. The van der Waals surface area contributed by atoms with Crippen molar-refractivity contribution in [3.63, 3.8) is 0 Å². The van der Waals surface area contributed by atoms with E-state index in [1.807, 2.05) is 0 Å². The quantitative estimate of drug-likeness (QED) is 0.709. The minimum Gasteiger partial charge on any atom is -0.464 e. The summed E-state index contributed by atoms with van der Waals surface area (Å²) < 4.78 is 5.92. The van der Waals surface area contributed by atoms with E-state index in [0.29, 0.717) is 5.92 Å². The third-order valence-electron chi connectivity index (χ3n) is 5.45. The van der Waals surface area contributed by atoms with E-state index in [0.717, 1.165) is 24.8 Å². The van der Waals surface area contributed by atoms with Crippen molar-refractivity contribution in [2.24, 2.45) is 5.92 Å². The molecule has 0 bridgehead atoms. The Labute approximate surface area is 141 Å². The number of rotatable bonds is 9. The number of hydrogen-bond acceptors (Lipinski definition) is 4. The van der Waals surface area contributed by atoms with Crippen molar-refractivity contribution in [1.29, 1.82) is 0 Å². The third kappa shape index (κ3) is 5.07. The minimum atomic E-state index is 0.692. The Morgan fingerprint density at radius 1 is 1.13 bits per heavy atom. The van der Waals surface area contributed by atoms with Crippen molar-refractivity contribution >= 4 is 0 Å². The molecule has 130 valence electrons. The summed E-state index contributed by atoms with van der Waals surface area (Å²) in [4.78, 5) is 5.15. The van der Waals surface area contributed by atoms with Gasteiger partial charge in [0.2, 0.25) is 0 Å². The lowest BCUT2D eigenvalue weighted by Gasteiger charge is -2.33. The molecule has 2 heterocycles. The predicted octanol–water partition coefficient (Wildman–Crippen LogP) is 2.91. The summed E-state index contributed by atoms with van der Waals surface area (Å²) in [7, 11) is 0. The molecule has 23 heavy (non-hydrogen) atoms. The molecule has 0 spiro atoms. The maximum atomic E-state index is 5.92. The zero-order chi connectivity index (χ0) is 16.1. The zero-order valence-electron chi connectivity index (χ0n) is 14.9. The van der Waals surface area contributed by atoms with Crippen LogP contribution in [0.3, 0.4) is 0 Å². The first-order chi connectivity index (χ1) is 11.3. The van der Waals surface area contributed by atoms with Gasteiger partial charge in [0.05, 0.1) is 6.54 Å². The molecule has 4 heteroatoms. The first kappa shape index (κ1) is 17.0. The number of nitrogens with zero attached hydrogens (tertiary/aromatic N) is 2. The Morgan fingerprint density at radius 2 is 1.87 bits per heavy atom. The van der Waals surface area contributed by atoms with Gasteiger partial charge in [-0.15, -0.1) is 0 Å². The van der Waals surface area contributed by atoms with Gasteiger partial charge in [0, 0.05) is 32.1 Å². The third-order valence-corrected chi connectivity index (χ3v) is 5.45. The molecule has 0 aromatic carbocycles. The Balaban J connectivity index is 1.21. The molecule has 1 saturated carbocycles. The molecule has 2 fully saturated rings. The van der Waals surface area contributed by atoms with Crippen molar-refractivity contribution in [2.45, 2.75) is 45.6 Å². The van der Waals surface area contributed by atoms with Gasteiger partial charge in [-0.2, -0.15) is 0 Å². The molecule has 1 aliphatic carbocycles. The molecule has 1 N–H and O–H groups in total. The Morgan fingerprint density at radius 3 is 2.57 bits per heavy atom. The predicted molar refractivity (Wildman–Crippen MR) is 94.7 cm³/mol. The highest BCUT2D eigenvalue weighted by molar-refractivity contribution is 5.17. The molecule has 1 aliphatic heterocycles. The average molecular weight is 319 g/mol. The lowest BCUT2D eigenvalue weighted by atomic mass is 10.2. The van der Waals surface area contributed by atoms with E-state index in [-0.39, 0.29) is 0 Å². The van der Waals surface area contributed by atoms with Gasteiger partial charge in [-0.25, -0.2) is 0 Å². The molecule has 2 unspecified atom stereocenters. The average Bonchev–Trinajstić information content (AvgIpc) is 3.12. The SMILES string of the molecule is CCN1CCN(CCCCNCc2ccc(C3CC3C)o2)CC1. The van der Waals surface area contributed by atoms with E-state index in [1.54, 1.807) is 0 Å². The summed E-state index contributed by atoms with van der Waals surface area (Å²) in [6.07, 6.45) is 3.84. The monoisotopic (exact) mass is 319 g/mol. The van der Waals surface area contributed by atoms with Crippen LogP contribution in [0, 0.1) is 5.92 Å². The van der Waals surface area contributed by atoms with Gasteiger partial charge in [0.15, 0.2) is 0 Å². The second-order valence-corrected chi connectivity index (χ2v) is 7.28. The van der Waals surface area contributed by atoms with Crippen molar-refractivity contribution in [3.05, 3.63) is 23.7 Å². The molecule has 1 aromatic heterocycles. The summed E-state index contributed by atoms with van der Waals surface area (Å²) in [5.41, 5.74) is 0. The van der Waals surface area contributed by atoms with E-state index < -0.39 is 0 Å². The summed E-state index contributed by atoms with van der Waals surface area (Å²) in [6, 6.07) is 4.31. The van der Waals surface area contributed by atoms with Gasteiger partial charge in [0.1, 0.15) is 11.5 Å². The fraction of sp³-hybridized carbons (Fsp3) is 0.789. The minimum absolute atomic E-state index is 0.692. The molecule has 0 amide bonds. The molecule has 2 atom stereocenters. The molecule has 4 nitrogen and oxygen atoms in total. The van der Waals surface area contributed by atoms with Crippen LogP contribution in [0.25, 0.3) is 0 Å². The van der Waals surface area contributed by atoms with Crippen LogP contribution in [-0.2, 0) is 6.54 Å². The van der Waals surface area contributed by atoms with Crippen LogP contribution < -0.4 is 5.32 Å². The van der Waals surface area contributed by atoms with Gasteiger partial charge < -0.3 is 19.5 Å². The van der Waals surface area contributed by atoms with Crippen LogP contribution in [0.2, 0.25) is 0 Å². The highest BCUT2D eigenvalue weighted by Crippen LogP contribution is 2.47. The fourth-order valence-corrected chi connectivity index (χ4v) is 3.53. The van der Waals surface area contributed by atoms with E-state index >= 15 is 0 Å². The topological polar surface area (TPSA) is 31.6 Å². The summed E-state index contributed by atoms with van der Waals surface area (Å²) in [5, 5.41) is 3.52. The molecular weight excluding hydrogens is 286 g/mol. The Hall–Kier alpha value is -0.840. The summed E-state index contributed by atoms with van der Waals surface area (Å²) >= 11 is 0. The van der Waals surface area contributed by atoms with E-state index in [4.69, 9.17) is 4.42 Å². The van der Waals surface area contributed by atoms with E-state index in [2.05, 4.69) is 41.1 Å². The van der Waals surface area contributed by atoms with Crippen molar-refractivity contribution in [2.75, 3.05) is 45.8 Å². The lowest BCUT2D eigenvalue weighted by molar-refractivity contribution is 0.135. The van der Waals surface area contributed by atoms with Gasteiger partial charge in [0.25, 0.3) is 0 Å². The van der Waals surface area contributed by atoms with Crippen molar-refractivity contribution in [1.82, 2.24) is 15.1 Å². The zero-order valence-corrected chi connectivity index (χ0v) is 14.9. The largest absolute Gasteiger partial charge is 0.464 e. The number of hydrogen-bond donors (Lipinski definition) is 1. The second-order valence-electron chi connectivity index (χ2n) is 7.28. The molecule has 1 aromatic rings. The summed E-state index contributed by atoms with van der Waals surface area (Å²) in [5.74, 6) is 3.80. The maximum absolute atomic E-state index is 5.92. The number of furan rings is 1. The van der Waals surface area contributed by atoms with Gasteiger partial charge >= 0.3 is 0 Å². The summed E-state index contributed by atoms with van der Waals surface area (Å²) in [6.45, 7) is 14.0. The standard InChI is InChI=1S/C19H33N3O/c1-3-21-10-12-22(13-11-21)9-5-4-8-20-15-17-6-7-19(23-17)18-14-16(18)2/h6-7,16,18,20H,3-5,8-15H2,1-2H3. The van der Waals surface area contributed by atoms with Crippen LogP contribution >= 0.6 is 0 Å². The Kier molecular flexibility index (Phi) is 6.15. The van der Waals surface area contributed by atoms with Gasteiger partial charge in [-0.1, -0.05) is 13.8 Å². The van der Waals surface area contributed by atoms with Crippen LogP contribution in [0.4, 0.5) is 0 Å². The lowest BCUT2D eigenvalue weighted by Crippen LogP contribution is -2.46. The normalized spacial score (nSPS) is 25.8. The van der Waals surface area contributed by atoms with Crippen LogP contribution in [0.1, 0.15) is 50.5 Å². The molecular formula is C19H33N3O. The fourth-order valence-electron chi connectivity index (χ4n) is 3.53. The first-order valence-corrected chi connectivity index (χ1v) is 9.50. The first-order valence-electron chi connectivity index (χ1n) is 9.50. The smallest absolute Gasteiger partial charge is 0.117 e. The Bertz CT molecular complexity index is 465. The highest BCUT2D eigenvalue weighted by atomic mass is 16.3.